The van der Waals surface area contributed by atoms with E-state index in [9.17, 15) is 9.59 Å². The summed E-state index contributed by atoms with van der Waals surface area (Å²) in [6.45, 7) is 6.85. The van der Waals surface area contributed by atoms with Crippen LogP contribution in [0, 0.1) is 6.92 Å². The van der Waals surface area contributed by atoms with Crippen LogP contribution < -0.4 is 5.32 Å². The summed E-state index contributed by atoms with van der Waals surface area (Å²) in [5.41, 5.74) is 2.36. The molecule has 22 heavy (non-hydrogen) atoms. The van der Waals surface area contributed by atoms with Gasteiger partial charge in [0.2, 0.25) is 5.91 Å². The molecule has 1 heterocycles. The molecule has 1 aliphatic rings. The van der Waals surface area contributed by atoms with Gasteiger partial charge in [0, 0.05) is 12.5 Å². The van der Waals surface area contributed by atoms with E-state index >= 15 is 0 Å². The number of hydrogen-bond donors (Lipinski definition) is 1. The van der Waals surface area contributed by atoms with Crippen molar-refractivity contribution in [2.75, 3.05) is 13.1 Å². The van der Waals surface area contributed by atoms with E-state index in [-0.39, 0.29) is 24.1 Å². The number of nitrogens with zero attached hydrogens (tertiary/aromatic N) is 1. The lowest BCUT2D eigenvalue weighted by Gasteiger charge is -2.16. The third-order valence-corrected chi connectivity index (χ3v) is 3.78. The minimum Gasteiger partial charge on any atom is -0.442 e. The molecule has 0 aromatic heterocycles. The largest absolute Gasteiger partial charge is 0.442 e. The average molecular weight is 304 g/mol. The van der Waals surface area contributed by atoms with Crippen molar-refractivity contribution in [1.29, 1.82) is 0 Å². The Kier molecular flexibility index (Phi) is 5.41. The molecule has 0 radical (unpaired) electrons. The smallest absolute Gasteiger partial charge is 0.410 e. The quantitative estimate of drug-likeness (QED) is 0.877. The second-order valence-electron chi connectivity index (χ2n) is 6.05. The molecule has 120 valence electrons. The van der Waals surface area contributed by atoms with Crippen LogP contribution in [-0.2, 0) is 16.0 Å². The van der Waals surface area contributed by atoms with Gasteiger partial charge in [-0.1, -0.05) is 29.8 Å². The summed E-state index contributed by atoms with van der Waals surface area (Å²) in [7, 11) is 0. The summed E-state index contributed by atoms with van der Waals surface area (Å²) < 4.78 is 5.24. The first kappa shape index (κ1) is 16.3. The van der Waals surface area contributed by atoms with Crippen LogP contribution in [0.3, 0.4) is 0 Å². The van der Waals surface area contributed by atoms with Gasteiger partial charge in [-0.15, -0.1) is 0 Å². The van der Waals surface area contributed by atoms with E-state index < -0.39 is 0 Å². The number of benzene rings is 1. The molecule has 1 aromatic rings. The highest BCUT2D eigenvalue weighted by atomic mass is 16.6. The first-order valence-corrected chi connectivity index (χ1v) is 7.75. The van der Waals surface area contributed by atoms with Crippen molar-refractivity contribution in [1.82, 2.24) is 10.2 Å². The van der Waals surface area contributed by atoms with Gasteiger partial charge < -0.3 is 15.0 Å². The molecule has 1 fully saturated rings. The van der Waals surface area contributed by atoms with Gasteiger partial charge in [-0.05, 0) is 32.8 Å². The SMILES string of the molecule is Cc1cccc(CCC(=O)NCC2CN(C(C)C)C(=O)O2)c1. The van der Waals surface area contributed by atoms with Gasteiger partial charge in [-0.25, -0.2) is 4.79 Å². The Hall–Kier alpha value is -2.04. The summed E-state index contributed by atoms with van der Waals surface area (Å²) >= 11 is 0. The number of carbonyl (C=O) groups is 2. The van der Waals surface area contributed by atoms with Crippen LogP contribution in [0.4, 0.5) is 4.79 Å². The molecular weight excluding hydrogens is 280 g/mol. The van der Waals surface area contributed by atoms with Crippen LogP contribution in [0.1, 0.15) is 31.4 Å². The average Bonchev–Trinajstić information content (AvgIpc) is 2.84. The van der Waals surface area contributed by atoms with Crippen molar-refractivity contribution in [3.05, 3.63) is 35.4 Å². The molecule has 1 N–H and O–H groups in total. The lowest BCUT2D eigenvalue weighted by atomic mass is 10.1. The van der Waals surface area contributed by atoms with Gasteiger partial charge in [-0.3, -0.25) is 4.79 Å². The van der Waals surface area contributed by atoms with E-state index in [0.29, 0.717) is 19.5 Å². The number of aryl methyl sites for hydroxylation is 2. The van der Waals surface area contributed by atoms with Gasteiger partial charge in [-0.2, -0.15) is 0 Å². The van der Waals surface area contributed by atoms with Crippen molar-refractivity contribution < 1.29 is 14.3 Å². The summed E-state index contributed by atoms with van der Waals surface area (Å²) in [6, 6.07) is 8.28. The second-order valence-corrected chi connectivity index (χ2v) is 6.05. The Labute approximate surface area is 131 Å². The number of rotatable bonds is 6. The standard InChI is InChI=1S/C17H24N2O3/c1-12(2)19-11-15(22-17(19)21)10-18-16(20)8-7-14-6-4-5-13(3)9-14/h4-6,9,12,15H,7-8,10-11H2,1-3H3,(H,18,20). The molecule has 5 nitrogen and oxygen atoms in total. The molecule has 1 atom stereocenters. The van der Waals surface area contributed by atoms with Gasteiger partial charge in [0.15, 0.2) is 0 Å². The van der Waals surface area contributed by atoms with E-state index in [4.69, 9.17) is 4.74 Å². The van der Waals surface area contributed by atoms with E-state index in [1.54, 1.807) is 4.90 Å². The zero-order valence-corrected chi connectivity index (χ0v) is 13.5. The van der Waals surface area contributed by atoms with Crippen LogP contribution in [-0.4, -0.2) is 42.1 Å². The Morgan fingerprint density at radius 1 is 1.45 bits per heavy atom. The number of ether oxygens (including phenoxy) is 1. The van der Waals surface area contributed by atoms with Crippen LogP contribution in [0.5, 0.6) is 0 Å². The molecule has 0 spiro atoms. The van der Waals surface area contributed by atoms with Crippen LogP contribution in [0.2, 0.25) is 0 Å². The summed E-state index contributed by atoms with van der Waals surface area (Å²) in [6.07, 6.45) is 0.612. The second kappa shape index (κ2) is 7.29. The van der Waals surface area contributed by atoms with Crippen molar-refractivity contribution in [2.24, 2.45) is 0 Å². The molecule has 5 heteroatoms. The highest BCUT2D eigenvalue weighted by Crippen LogP contribution is 2.13. The molecule has 1 saturated heterocycles. The maximum atomic E-state index is 11.9. The lowest BCUT2D eigenvalue weighted by molar-refractivity contribution is -0.121. The molecular formula is C17H24N2O3. The van der Waals surface area contributed by atoms with Crippen molar-refractivity contribution >= 4 is 12.0 Å². The zero-order valence-electron chi connectivity index (χ0n) is 13.5. The Balaban J connectivity index is 1.71. The number of nitrogens with one attached hydrogen (secondary N) is 1. The van der Waals surface area contributed by atoms with E-state index in [1.165, 1.54) is 5.56 Å². The van der Waals surface area contributed by atoms with Crippen LogP contribution in [0.25, 0.3) is 0 Å². The predicted molar refractivity (Wildman–Crippen MR) is 84.6 cm³/mol. The molecule has 1 unspecified atom stereocenters. The molecule has 1 aromatic carbocycles. The van der Waals surface area contributed by atoms with Gasteiger partial charge >= 0.3 is 6.09 Å². The fraction of sp³-hybridized carbons (Fsp3) is 0.529. The summed E-state index contributed by atoms with van der Waals surface area (Å²) in [5.74, 6) is -0.0134. The maximum Gasteiger partial charge on any atom is 0.410 e. The fourth-order valence-corrected chi connectivity index (χ4v) is 2.51. The van der Waals surface area contributed by atoms with Crippen molar-refractivity contribution in [2.45, 2.75) is 45.8 Å². The van der Waals surface area contributed by atoms with E-state index in [2.05, 4.69) is 11.4 Å². The maximum absolute atomic E-state index is 11.9. The Bertz CT molecular complexity index is 542. The zero-order chi connectivity index (χ0) is 16.1. The van der Waals surface area contributed by atoms with E-state index in [0.717, 1.165) is 12.0 Å². The predicted octanol–water partition coefficient (Wildman–Crippen LogP) is 2.27. The number of amides is 2. The third-order valence-electron chi connectivity index (χ3n) is 3.78. The van der Waals surface area contributed by atoms with E-state index in [1.807, 2.05) is 39.0 Å². The Morgan fingerprint density at radius 2 is 2.23 bits per heavy atom. The normalized spacial score (nSPS) is 17.7. The number of cyclic esters (lactones) is 1. The van der Waals surface area contributed by atoms with Gasteiger partial charge in [0.25, 0.3) is 0 Å². The molecule has 0 bridgehead atoms. The molecule has 0 aliphatic carbocycles. The summed E-state index contributed by atoms with van der Waals surface area (Å²) in [4.78, 5) is 25.2. The minimum absolute atomic E-state index is 0.0134. The number of carbonyl (C=O) groups excluding carboxylic acids is 2. The van der Waals surface area contributed by atoms with Gasteiger partial charge in [0.1, 0.15) is 6.10 Å². The minimum atomic E-state index is -0.297. The Morgan fingerprint density at radius 3 is 2.86 bits per heavy atom. The third kappa shape index (κ3) is 4.48. The molecule has 2 rings (SSSR count). The highest BCUT2D eigenvalue weighted by molar-refractivity contribution is 5.76. The molecule has 1 aliphatic heterocycles. The van der Waals surface area contributed by atoms with Crippen molar-refractivity contribution in [3.63, 3.8) is 0 Å². The highest BCUT2D eigenvalue weighted by Gasteiger charge is 2.32. The van der Waals surface area contributed by atoms with Crippen molar-refractivity contribution in [3.8, 4) is 0 Å². The molecule has 0 saturated carbocycles. The number of hydrogen-bond acceptors (Lipinski definition) is 3. The first-order valence-electron chi connectivity index (χ1n) is 7.75. The topological polar surface area (TPSA) is 58.6 Å². The van der Waals surface area contributed by atoms with Crippen LogP contribution in [0.15, 0.2) is 24.3 Å². The monoisotopic (exact) mass is 304 g/mol. The van der Waals surface area contributed by atoms with Crippen LogP contribution >= 0.6 is 0 Å². The fourth-order valence-electron chi connectivity index (χ4n) is 2.51. The molecule has 2 amide bonds. The lowest BCUT2D eigenvalue weighted by Crippen LogP contribution is -2.36. The first-order chi connectivity index (χ1) is 10.5. The van der Waals surface area contributed by atoms with Gasteiger partial charge in [0.05, 0.1) is 13.1 Å². The summed E-state index contributed by atoms with van der Waals surface area (Å²) in [5, 5.41) is 2.85.